The van der Waals surface area contributed by atoms with E-state index in [1.165, 1.54) is 6.92 Å². The minimum absolute atomic E-state index is 0.182. The Morgan fingerprint density at radius 1 is 1.00 bits per heavy atom. The van der Waals surface area contributed by atoms with Crippen molar-refractivity contribution in [1.29, 1.82) is 0 Å². The monoisotopic (exact) mass is 263 g/mol. The third-order valence-electron chi connectivity index (χ3n) is 2.38. The summed E-state index contributed by atoms with van der Waals surface area (Å²) < 4.78 is 0. The predicted octanol–water partition coefficient (Wildman–Crippen LogP) is 0.186. The summed E-state index contributed by atoms with van der Waals surface area (Å²) in [5.41, 5.74) is 1.48. The second-order valence-corrected chi connectivity index (χ2v) is 4.01. The Kier molecular flexibility index (Phi) is 5.53. The third-order valence-corrected chi connectivity index (χ3v) is 2.38. The lowest BCUT2D eigenvalue weighted by molar-refractivity contribution is -0.136. The molecule has 0 aliphatic heterocycles. The van der Waals surface area contributed by atoms with Crippen LogP contribution >= 0.6 is 0 Å². The predicted molar refractivity (Wildman–Crippen MR) is 71.5 cm³/mol. The zero-order valence-electron chi connectivity index (χ0n) is 10.9. The smallest absolute Gasteiger partial charge is 0.313 e. The van der Waals surface area contributed by atoms with Crippen LogP contribution in [0.5, 0.6) is 0 Å². The number of amides is 3. The zero-order valence-corrected chi connectivity index (χ0v) is 10.9. The second-order valence-electron chi connectivity index (χ2n) is 4.01. The minimum Gasteiger partial charge on any atom is -0.355 e. The van der Waals surface area contributed by atoms with Gasteiger partial charge in [-0.3, -0.25) is 14.4 Å². The van der Waals surface area contributed by atoms with Gasteiger partial charge in [0.05, 0.1) is 0 Å². The molecule has 0 heterocycles. The normalized spacial score (nSPS) is 9.58. The Morgan fingerprint density at radius 3 is 2.26 bits per heavy atom. The van der Waals surface area contributed by atoms with E-state index in [0.717, 1.165) is 5.56 Å². The summed E-state index contributed by atoms with van der Waals surface area (Å²) in [4.78, 5) is 33.6. The fraction of sp³-hybridized carbons (Fsp3) is 0.308. The summed E-state index contributed by atoms with van der Waals surface area (Å²) in [7, 11) is 0. The van der Waals surface area contributed by atoms with Crippen molar-refractivity contribution in [3.8, 4) is 0 Å². The third kappa shape index (κ3) is 5.20. The van der Waals surface area contributed by atoms with Gasteiger partial charge in [0.1, 0.15) is 0 Å². The van der Waals surface area contributed by atoms with E-state index in [1.807, 2.05) is 19.1 Å². The molecular weight excluding hydrogens is 246 g/mol. The molecule has 0 aliphatic carbocycles. The van der Waals surface area contributed by atoms with Crippen molar-refractivity contribution < 1.29 is 14.4 Å². The molecule has 0 spiro atoms. The molecule has 1 aromatic rings. The molecule has 102 valence electrons. The lowest BCUT2D eigenvalue weighted by Gasteiger charge is -2.08. The zero-order chi connectivity index (χ0) is 14.3. The van der Waals surface area contributed by atoms with Gasteiger partial charge in [-0.1, -0.05) is 18.2 Å². The molecule has 0 bridgehead atoms. The number of hydrogen-bond donors (Lipinski definition) is 3. The molecule has 0 radical (unpaired) electrons. The summed E-state index contributed by atoms with van der Waals surface area (Å²) in [5, 5.41) is 7.45. The van der Waals surface area contributed by atoms with Crippen LogP contribution in [0.3, 0.4) is 0 Å². The van der Waals surface area contributed by atoms with Crippen LogP contribution in [-0.4, -0.2) is 30.8 Å². The van der Waals surface area contributed by atoms with Gasteiger partial charge < -0.3 is 16.0 Å². The van der Waals surface area contributed by atoms with E-state index in [2.05, 4.69) is 16.0 Å². The first-order valence-electron chi connectivity index (χ1n) is 5.90. The van der Waals surface area contributed by atoms with Gasteiger partial charge in [0.2, 0.25) is 5.91 Å². The highest BCUT2D eigenvalue weighted by Crippen LogP contribution is 2.12. The molecule has 6 nitrogen and oxygen atoms in total. The van der Waals surface area contributed by atoms with Crippen LogP contribution in [-0.2, 0) is 14.4 Å². The van der Waals surface area contributed by atoms with E-state index in [1.54, 1.807) is 12.1 Å². The topological polar surface area (TPSA) is 87.3 Å². The number of hydrogen-bond acceptors (Lipinski definition) is 3. The minimum atomic E-state index is -0.728. The Balaban J connectivity index is 2.39. The van der Waals surface area contributed by atoms with E-state index in [9.17, 15) is 14.4 Å². The SMILES string of the molecule is CC(=O)NCCNC(=O)C(=O)Nc1ccccc1C. The lowest BCUT2D eigenvalue weighted by Crippen LogP contribution is -2.39. The number of nitrogens with one attached hydrogen (secondary N) is 3. The van der Waals surface area contributed by atoms with Crippen molar-refractivity contribution in [3.63, 3.8) is 0 Å². The van der Waals surface area contributed by atoms with Crippen LogP contribution in [0.25, 0.3) is 0 Å². The van der Waals surface area contributed by atoms with E-state index in [4.69, 9.17) is 0 Å². The number of carbonyl (C=O) groups excluding carboxylic acids is 3. The van der Waals surface area contributed by atoms with Crippen molar-refractivity contribution in [2.24, 2.45) is 0 Å². The molecule has 0 atom stereocenters. The molecule has 0 aliphatic rings. The highest BCUT2D eigenvalue weighted by atomic mass is 16.2. The second kappa shape index (κ2) is 7.15. The first-order valence-corrected chi connectivity index (χ1v) is 5.90. The van der Waals surface area contributed by atoms with Gasteiger partial charge in [0, 0.05) is 25.7 Å². The van der Waals surface area contributed by atoms with Crippen LogP contribution in [0.1, 0.15) is 12.5 Å². The van der Waals surface area contributed by atoms with Crippen molar-refractivity contribution in [2.75, 3.05) is 18.4 Å². The maximum atomic E-state index is 11.6. The molecule has 0 fully saturated rings. The van der Waals surface area contributed by atoms with Gasteiger partial charge >= 0.3 is 11.8 Å². The van der Waals surface area contributed by atoms with Crippen LogP contribution in [0.2, 0.25) is 0 Å². The number of aryl methyl sites for hydroxylation is 1. The van der Waals surface area contributed by atoms with Crippen LogP contribution in [0.15, 0.2) is 24.3 Å². The number of benzene rings is 1. The molecule has 1 aromatic carbocycles. The summed E-state index contributed by atoms with van der Waals surface area (Å²) >= 11 is 0. The summed E-state index contributed by atoms with van der Waals surface area (Å²) in [6.07, 6.45) is 0. The Morgan fingerprint density at radius 2 is 1.63 bits per heavy atom. The maximum absolute atomic E-state index is 11.6. The number of para-hydroxylation sites is 1. The van der Waals surface area contributed by atoms with Crippen LogP contribution < -0.4 is 16.0 Å². The standard InChI is InChI=1S/C13H17N3O3/c1-9-5-3-4-6-11(9)16-13(19)12(18)15-8-7-14-10(2)17/h3-6H,7-8H2,1-2H3,(H,14,17)(H,15,18)(H,16,19). The molecule has 19 heavy (non-hydrogen) atoms. The Hall–Kier alpha value is -2.37. The highest BCUT2D eigenvalue weighted by molar-refractivity contribution is 6.39. The van der Waals surface area contributed by atoms with Crippen LogP contribution in [0, 0.1) is 6.92 Å². The van der Waals surface area contributed by atoms with Crippen molar-refractivity contribution in [3.05, 3.63) is 29.8 Å². The molecule has 3 amide bonds. The summed E-state index contributed by atoms with van der Waals surface area (Å²) in [6.45, 7) is 3.72. The molecule has 6 heteroatoms. The summed E-state index contributed by atoms with van der Waals surface area (Å²) in [5.74, 6) is -1.63. The molecular formula is C13H17N3O3. The Bertz CT molecular complexity index is 486. The van der Waals surface area contributed by atoms with E-state index in [-0.39, 0.29) is 12.5 Å². The van der Waals surface area contributed by atoms with Gasteiger partial charge in [-0.15, -0.1) is 0 Å². The van der Waals surface area contributed by atoms with Gasteiger partial charge in [-0.05, 0) is 18.6 Å². The van der Waals surface area contributed by atoms with Crippen molar-refractivity contribution >= 4 is 23.4 Å². The fourth-order valence-corrected chi connectivity index (χ4v) is 1.39. The largest absolute Gasteiger partial charge is 0.355 e. The lowest BCUT2D eigenvalue weighted by atomic mass is 10.2. The quantitative estimate of drug-likeness (QED) is 0.535. The van der Waals surface area contributed by atoms with E-state index in [0.29, 0.717) is 12.2 Å². The highest BCUT2D eigenvalue weighted by Gasteiger charge is 2.13. The summed E-state index contributed by atoms with van der Waals surface area (Å²) in [6, 6.07) is 7.18. The Labute approximate surface area is 111 Å². The van der Waals surface area contributed by atoms with Gasteiger partial charge in [-0.2, -0.15) is 0 Å². The van der Waals surface area contributed by atoms with Crippen LogP contribution in [0.4, 0.5) is 5.69 Å². The fourth-order valence-electron chi connectivity index (χ4n) is 1.39. The first-order chi connectivity index (χ1) is 9.00. The number of rotatable bonds is 4. The average Bonchev–Trinajstić information content (AvgIpc) is 2.36. The van der Waals surface area contributed by atoms with Gasteiger partial charge in [0.25, 0.3) is 0 Å². The molecule has 1 rings (SSSR count). The molecule has 0 aromatic heterocycles. The van der Waals surface area contributed by atoms with Crippen molar-refractivity contribution in [2.45, 2.75) is 13.8 Å². The number of anilines is 1. The van der Waals surface area contributed by atoms with E-state index < -0.39 is 11.8 Å². The van der Waals surface area contributed by atoms with Crippen molar-refractivity contribution in [1.82, 2.24) is 10.6 Å². The van der Waals surface area contributed by atoms with Gasteiger partial charge in [0.15, 0.2) is 0 Å². The maximum Gasteiger partial charge on any atom is 0.313 e. The van der Waals surface area contributed by atoms with Gasteiger partial charge in [-0.25, -0.2) is 0 Å². The van der Waals surface area contributed by atoms with E-state index >= 15 is 0 Å². The molecule has 0 saturated carbocycles. The molecule has 0 unspecified atom stereocenters. The first kappa shape index (κ1) is 14.7. The number of carbonyl (C=O) groups is 3. The molecule has 0 saturated heterocycles. The molecule has 3 N–H and O–H groups in total. The average molecular weight is 263 g/mol.